The summed E-state index contributed by atoms with van der Waals surface area (Å²) >= 11 is 0. The largest absolute Gasteiger partial charge is 0.511 e. The average molecular weight is 429 g/mol. The molecular weight excluding hydrogens is 404 g/mol. The molecule has 0 amide bonds. The topological polar surface area (TPSA) is 93.0 Å². The highest BCUT2D eigenvalue weighted by Gasteiger charge is 2.31. The van der Waals surface area contributed by atoms with E-state index in [1.165, 1.54) is 0 Å². The lowest BCUT2D eigenvalue weighted by Gasteiger charge is -2.24. The molecule has 1 atom stereocenters. The summed E-state index contributed by atoms with van der Waals surface area (Å²) in [4.78, 5) is 17.3. The molecule has 160 valence electrons. The molecule has 0 saturated heterocycles. The fourth-order valence-corrected chi connectivity index (χ4v) is 4.65. The monoisotopic (exact) mass is 429 g/mol. The number of carbonyl (C=O) groups is 1. The maximum absolute atomic E-state index is 13.3. The molecule has 1 N–H and O–H groups in total. The van der Waals surface area contributed by atoms with Crippen molar-refractivity contribution in [3.8, 4) is 0 Å². The molecule has 0 spiro atoms. The Morgan fingerprint density at radius 1 is 1.24 bits per heavy atom. The lowest BCUT2D eigenvalue weighted by molar-refractivity contribution is -0.116. The normalized spacial score (nSPS) is 18.3. The Morgan fingerprint density at radius 3 is 2.55 bits per heavy atom. The molecule has 1 aromatic rings. The predicted octanol–water partition coefficient (Wildman–Crippen LogP) is 4.11. The van der Waals surface area contributed by atoms with Crippen LogP contribution in [0.1, 0.15) is 46.0 Å². The zero-order valence-electron chi connectivity index (χ0n) is 16.5. The fourth-order valence-electron chi connectivity index (χ4n) is 3.21. The van der Waals surface area contributed by atoms with Gasteiger partial charge in [-0.1, -0.05) is 18.5 Å². The van der Waals surface area contributed by atoms with Gasteiger partial charge in [0.25, 0.3) is 0 Å². The number of ketones is 1. The van der Waals surface area contributed by atoms with E-state index in [4.69, 9.17) is 4.84 Å². The van der Waals surface area contributed by atoms with Crippen molar-refractivity contribution in [1.82, 2.24) is 0 Å². The van der Waals surface area contributed by atoms with Gasteiger partial charge >= 0.3 is 0 Å². The Kier molecular flexibility index (Phi) is 7.89. The molecule has 0 fully saturated rings. The fraction of sp³-hybridized carbons (Fsp3) is 0.500. The number of Topliss-reactive ketones (excluding diaryl/α,β-unsaturated/α-hetero) is 1. The van der Waals surface area contributed by atoms with Gasteiger partial charge in [-0.2, -0.15) is 0 Å². The van der Waals surface area contributed by atoms with Crippen molar-refractivity contribution in [3.05, 3.63) is 41.2 Å². The second kappa shape index (κ2) is 9.96. The summed E-state index contributed by atoms with van der Waals surface area (Å²) in [5, 5.41) is 14.3. The second-order valence-electron chi connectivity index (χ2n) is 6.91. The molecule has 1 aliphatic carbocycles. The number of oxime groups is 1. The van der Waals surface area contributed by atoms with Gasteiger partial charge in [-0.3, -0.25) is 4.79 Å². The molecule has 1 unspecified atom stereocenters. The number of hydrogen-bond donors (Lipinski definition) is 1. The van der Waals surface area contributed by atoms with Crippen LogP contribution in [0.4, 0.5) is 8.78 Å². The zero-order valence-corrected chi connectivity index (χ0v) is 17.3. The standard InChI is InChI=1S/C20H25F2NO5S/c1-3-5-17(23-28-4-2)20-18(24)10-13(11-19(20)25)8-9-29(26,27)14-6-7-15(21)16(22)12-14/h6-7,12-13,24H,3-5,8-11H2,1-2H3/b23-17+. The van der Waals surface area contributed by atoms with Crippen molar-refractivity contribution in [3.63, 3.8) is 0 Å². The number of benzene rings is 1. The molecule has 0 bridgehead atoms. The number of sulfone groups is 1. The minimum atomic E-state index is -3.84. The first kappa shape index (κ1) is 23.0. The van der Waals surface area contributed by atoms with E-state index in [0.717, 1.165) is 12.1 Å². The Hall–Kier alpha value is -2.29. The van der Waals surface area contributed by atoms with Gasteiger partial charge in [0.15, 0.2) is 27.3 Å². The summed E-state index contributed by atoms with van der Waals surface area (Å²) in [5.41, 5.74) is 0.546. The second-order valence-corrected chi connectivity index (χ2v) is 9.02. The number of rotatable bonds is 9. The van der Waals surface area contributed by atoms with E-state index < -0.39 is 21.5 Å². The molecule has 0 aliphatic heterocycles. The summed E-state index contributed by atoms with van der Waals surface area (Å²) in [6.45, 7) is 4.01. The first-order chi connectivity index (χ1) is 13.7. The van der Waals surface area contributed by atoms with Crippen molar-refractivity contribution >= 4 is 21.3 Å². The van der Waals surface area contributed by atoms with Crippen molar-refractivity contribution in [1.29, 1.82) is 0 Å². The molecule has 29 heavy (non-hydrogen) atoms. The predicted molar refractivity (Wildman–Crippen MR) is 104 cm³/mol. The van der Waals surface area contributed by atoms with Gasteiger partial charge in [0.05, 0.1) is 21.9 Å². The first-order valence-electron chi connectivity index (χ1n) is 9.51. The highest BCUT2D eigenvalue weighted by molar-refractivity contribution is 7.91. The molecular formula is C20H25F2NO5S. The van der Waals surface area contributed by atoms with E-state index >= 15 is 0 Å². The molecule has 9 heteroatoms. The zero-order chi connectivity index (χ0) is 21.6. The van der Waals surface area contributed by atoms with Crippen molar-refractivity contribution in [2.45, 2.75) is 50.8 Å². The van der Waals surface area contributed by atoms with Crippen molar-refractivity contribution < 1.29 is 31.9 Å². The van der Waals surface area contributed by atoms with Crippen molar-refractivity contribution in [2.75, 3.05) is 12.4 Å². The van der Waals surface area contributed by atoms with Gasteiger partial charge in [0, 0.05) is 12.8 Å². The number of carbonyl (C=O) groups excluding carboxylic acids is 1. The number of aliphatic hydroxyl groups excluding tert-OH is 1. The summed E-state index contributed by atoms with van der Waals surface area (Å²) in [6, 6.07) is 2.42. The van der Waals surface area contributed by atoms with E-state index in [9.17, 15) is 27.1 Å². The van der Waals surface area contributed by atoms with Crippen LogP contribution >= 0.6 is 0 Å². The van der Waals surface area contributed by atoms with Gasteiger partial charge in [-0.15, -0.1) is 0 Å². The third-order valence-corrected chi connectivity index (χ3v) is 6.39. The quantitative estimate of drug-likeness (QED) is 0.362. The highest BCUT2D eigenvalue weighted by Crippen LogP contribution is 2.31. The molecule has 1 aliphatic rings. The number of allylic oxidation sites excluding steroid dienone is 2. The lowest BCUT2D eigenvalue weighted by atomic mass is 9.83. The summed E-state index contributed by atoms with van der Waals surface area (Å²) in [7, 11) is -3.84. The van der Waals surface area contributed by atoms with E-state index in [2.05, 4.69) is 5.16 Å². The van der Waals surface area contributed by atoms with Gasteiger partial charge < -0.3 is 9.94 Å². The average Bonchev–Trinajstić information content (AvgIpc) is 2.66. The number of halogens is 2. The van der Waals surface area contributed by atoms with Crippen LogP contribution in [-0.4, -0.2) is 37.4 Å². The summed E-state index contributed by atoms with van der Waals surface area (Å²) < 4.78 is 51.1. The maximum Gasteiger partial charge on any atom is 0.178 e. The van der Waals surface area contributed by atoms with E-state index in [1.807, 2.05) is 6.92 Å². The Bertz CT molecular complexity index is 925. The Balaban J connectivity index is 2.12. The molecule has 0 radical (unpaired) electrons. The van der Waals surface area contributed by atoms with Crippen LogP contribution < -0.4 is 0 Å². The van der Waals surface area contributed by atoms with Crippen LogP contribution in [0.3, 0.4) is 0 Å². The number of aliphatic hydroxyl groups is 1. The highest BCUT2D eigenvalue weighted by atomic mass is 32.2. The van der Waals surface area contributed by atoms with Gasteiger partial charge in [0.1, 0.15) is 12.4 Å². The van der Waals surface area contributed by atoms with Gasteiger partial charge in [0.2, 0.25) is 0 Å². The Morgan fingerprint density at radius 2 is 1.97 bits per heavy atom. The molecule has 0 saturated carbocycles. The number of hydrogen-bond acceptors (Lipinski definition) is 6. The molecule has 6 nitrogen and oxygen atoms in total. The SMILES string of the molecule is CCC/C(=N\OCC)C1=C(O)CC(CCS(=O)(=O)c2ccc(F)c(F)c2)CC1=O. The maximum atomic E-state index is 13.3. The van der Waals surface area contributed by atoms with Crippen LogP contribution in [0.2, 0.25) is 0 Å². The van der Waals surface area contributed by atoms with E-state index in [-0.39, 0.29) is 52.9 Å². The van der Waals surface area contributed by atoms with Crippen LogP contribution in [-0.2, 0) is 19.5 Å². The third kappa shape index (κ3) is 5.85. The minimum absolute atomic E-state index is 0.0710. The minimum Gasteiger partial charge on any atom is -0.511 e. The lowest BCUT2D eigenvalue weighted by Crippen LogP contribution is -2.26. The molecule has 2 rings (SSSR count). The van der Waals surface area contributed by atoms with Crippen molar-refractivity contribution in [2.24, 2.45) is 11.1 Å². The number of nitrogens with zero attached hydrogens (tertiary/aromatic N) is 1. The van der Waals surface area contributed by atoms with Gasteiger partial charge in [-0.05, 0) is 43.9 Å². The molecule has 1 aromatic carbocycles. The molecule has 0 heterocycles. The summed E-state index contributed by atoms with van der Waals surface area (Å²) in [6.07, 6.45) is 1.51. The van der Waals surface area contributed by atoms with Gasteiger partial charge in [-0.25, -0.2) is 17.2 Å². The smallest absolute Gasteiger partial charge is 0.178 e. The summed E-state index contributed by atoms with van der Waals surface area (Å²) in [5.74, 6) is -3.50. The van der Waals surface area contributed by atoms with E-state index in [0.29, 0.717) is 31.2 Å². The first-order valence-corrected chi connectivity index (χ1v) is 11.2. The van der Waals surface area contributed by atoms with Crippen LogP contribution in [0.5, 0.6) is 0 Å². The van der Waals surface area contributed by atoms with Crippen LogP contribution in [0.15, 0.2) is 39.6 Å². The Labute approximate surface area is 169 Å². The van der Waals surface area contributed by atoms with E-state index in [1.54, 1.807) is 6.92 Å². The van der Waals surface area contributed by atoms with Crippen LogP contribution in [0.25, 0.3) is 0 Å². The molecule has 0 aromatic heterocycles. The third-order valence-electron chi connectivity index (χ3n) is 4.65. The van der Waals surface area contributed by atoms with Crippen LogP contribution in [0, 0.1) is 17.6 Å².